The van der Waals surface area contributed by atoms with Gasteiger partial charge in [-0.25, -0.2) is 9.97 Å². The first-order valence-corrected chi connectivity index (χ1v) is 5.41. The fraction of sp³-hybridized carbons (Fsp3) is 0.444. The zero-order chi connectivity index (χ0) is 10.8. The predicted molar refractivity (Wildman–Crippen MR) is 58.0 cm³/mol. The summed E-state index contributed by atoms with van der Waals surface area (Å²) in [6.45, 7) is 0. The van der Waals surface area contributed by atoms with E-state index in [-0.39, 0.29) is 22.3 Å². The second-order valence-corrected chi connectivity index (χ2v) is 4.16. The van der Waals surface area contributed by atoms with E-state index in [9.17, 15) is 4.79 Å². The molecule has 1 aliphatic rings. The van der Waals surface area contributed by atoms with E-state index in [1.54, 1.807) is 0 Å². The smallest absolute Gasteiger partial charge is 0.227 e. The molecule has 0 saturated heterocycles. The van der Waals surface area contributed by atoms with Gasteiger partial charge in [0.05, 0.1) is 11.9 Å². The molecule has 1 amide bonds. The van der Waals surface area contributed by atoms with Crippen LogP contribution in [0.25, 0.3) is 0 Å². The third-order valence-electron chi connectivity index (χ3n) is 2.45. The summed E-state index contributed by atoms with van der Waals surface area (Å²) in [5, 5.41) is 2.92. The number of amides is 1. The lowest BCUT2D eigenvalue weighted by atomic mass is 9.85. The first-order valence-electron chi connectivity index (χ1n) is 4.65. The maximum absolute atomic E-state index is 11.6. The van der Waals surface area contributed by atoms with Gasteiger partial charge in [0.1, 0.15) is 0 Å². The molecule has 0 aliphatic heterocycles. The van der Waals surface area contributed by atoms with Crippen LogP contribution < -0.4 is 5.32 Å². The van der Waals surface area contributed by atoms with Gasteiger partial charge >= 0.3 is 0 Å². The molecule has 1 aromatic heterocycles. The Morgan fingerprint density at radius 3 is 2.73 bits per heavy atom. The summed E-state index contributed by atoms with van der Waals surface area (Å²) < 4.78 is 0. The van der Waals surface area contributed by atoms with Crippen LogP contribution >= 0.6 is 23.2 Å². The molecule has 4 nitrogen and oxygen atoms in total. The highest BCUT2D eigenvalue weighted by Crippen LogP contribution is 2.28. The molecule has 1 aromatic rings. The Kier molecular flexibility index (Phi) is 3.07. The Balaban J connectivity index is 2.06. The lowest BCUT2D eigenvalue weighted by Gasteiger charge is -2.23. The molecule has 1 fully saturated rings. The Bertz CT molecular complexity index is 393. The molecular formula is C9H9Cl2N3O. The minimum absolute atomic E-state index is 0.0194. The van der Waals surface area contributed by atoms with E-state index in [0.717, 1.165) is 19.3 Å². The van der Waals surface area contributed by atoms with E-state index in [0.29, 0.717) is 5.69 Å². The summed E-state index contributed by atoms with van der Waals surface area (Å²) in [4.78, 5) is 19.1. The highest BCUT2D eigenvalue weighted by molar-refractivity contribution is 6.34. The summed E-state index contributed by atoms with van der Waals surface area (Å²) in [7, 11) is 0. The van der Waals surface area contributed by atoms with Gasteiger partial charge in [0.2, 0.25) is 11.2 Å². The van der Waals surface area contributed by atoms with Crippen LogP contribution in [0, 0.1) is 5.92 Å². The van der Waals surface area contributed by atoms with Crippen molar-refractivity contribution in [1.29, 1.82) is 0 Å². The Labute approximate surface area is 97.0 Å². The van der Waals surface area contributed by atoms with Crippen molar-refractivity contribution < 1.29 is 4.79 Å². The maximum atomic E-state index is 11.6. The van der Waals surface area contributed by atoms with Crippen LogP contribution in [-0.4, -0.2) is 15.9 Å². The fourth-order valence-electron chi connectivity index (χ4n) is 1.33. The van der Waals surface area contributed by atoms with Crippen molar-refractivity contribution >= 4 is 34.8 Å². The van der Waals surface area contributed by atoms with Crippen LogP contribution in [0.4, 0.5) is 5.69 Å². The standard InChI is InChI=1S/C9H9Cl2N3O/c10-7-6(4-12-9(11)14-7)13-8(15)5-2-1-3-5/h4-5H,1-3H2,(H,13,15). The van der Waals surface area contributed by atoms with E-state index >= 15 is 0 Å². The maximum Gasteiger partial charge on any atom is 0.227 e. The number of carbonyl (C=O) groups excluding carboxylic acids is 1. The van der Waals surface area contributed by atoms with Gasteiger partial charge in [-0.1, -0.05) is 18.0 Å². The van der Waals surface area contributed by atoms with Gasteiger partial charge in [0.15, 0.2) is 5.15 Å². The van der Waals surface area contributed by atoms with Crippen LogP contribution in [-0.2, 0) is 4.79 Å². The monoisotopic (exact) mass is 245 g/mol. The SMILES string of the molecule is O=C(Nc1cnc(Cl)nc1Cl)C1CCC1. The number of anilines is 1. The summed E-state index contributed by atoms with van der Waals surface area (Å²) in [6, 6.07) is 0. The zero-order valence-electron chi connectivity index (χ0n) is 7.83. The summed E-state index contributed by atoms with van der Waals surface area (Å²) >= 11 is 11.3. The average molecular weight is 246 g/mol. The van der Waals surface area contributed by atoms with Gasteiger partial charge in [-0.2, -0.15) is 0 Å². The van der Waals surface area contributed by atoms with Crippen molar-refractivity contribution in [2.24, 2.45) is 5.92 Å². The number of nitrogens with one attached hydrogen (secondary N) is 1. The minimum Gasteiger partial charge on any atom is -0.322 e. The zero-order valence-corrected chi connectivity index (χ0v) is 9.35. The lowest BCUT2D eigenvalue weighted by molar-refractivity contribution is -0.122. The molecule has 1 saturated carbocycles. The second-order valence-electron chi connectivity index (χ2n) is 3.46. The molecule has 0 aromatic carbocycles. The van der Waals surface area contributed by atoms with Gasteiger partial charge in [-0.05, 0) is 24.4 Å². The molecule has 1 aliphatic carbocycles. The van der Waals surface area contributed by atoms with Gasteiger partial charge in [-0.3, -0.25) is 4.79 Å². The van der Waals surface area contributed by atoms with Crippen LogP contribution in [0.2, 0.25) is 10.4 Å². The van der Waals surface area contributed by atoms with Crippen molar-refractivity contribution in [3.63, 3.8) is 0 Å². The number of nitrogens with zero attached hydrogens (tertiary/aromatic N) is 2. The molecule has 0 spiro atoms. The number of carbonyl (C=O) groups is 1. The molecule has 0 unspecified atom stereocenters. The number of hydrogen-bond donors (Lipinski definition) is 1. The first-order chi connectivity index (χ1) is 7.16. The number of hydrogen-bond acceptors (Lipinski definition) is 3. The normalized spacial score (nSPS) is 15.9. The van der Waals surface area contributed by atoms with Crippen molar-refractivity contribution in [3.8, 4) is 0 Å². The first kappa shape index (κ1) is 10.6. The third kappa shape index (κ3) is 2.38. The van der Waals surface area contributed by atoms with Crippen molar-refractivity contribution in [2.75, 3.05) is 5.32 Å². The van der Waals surface area contributed by atoms with Crippen LogP contribution in [0.5, 0.6) is 0 Å². The molecule has 0 bridgehead atoms. The molecule has 0 atom stereocenters. The molecule has 15 heavy (non-hydrogen) atoms. The van der Waals surface area contributed by atoms with Crippen molar-refractivity contribution in [3.05, 3.63) is 16.6 Å². The molecule has 2 rings (SSSR count). The number of aromatic nitrogens is 2. The molecule has 6 heteroatoms. The highest BCUT2D eigenvalue weighted by atomic mass is 35.5. The van der Waals surface area contributed by atoms with E-state index in [2.05, 4.69) is 15.3 Å². The second kappa shape index (κ2) is 4.33. The molecule has 1 heterocycles. The number of halogens is 2. The molecular weight excluding hydrogens is 237 g/mol. The van der Waals surface area contributed by atoms with Crippen LogP contribution in [0.3, 0.4) is 0 Å². The van der Waals surface area contributed by atoms with Crippen molar-refractivity contribution in [1.82, 2.24) is 9.97 Å². The van der Waals surface area contributed by atoms with Crippen molar-refractivity contribution in [2.45, 2.75) is 19.3 Å². The topological polar surface area (TPSA) is 54.9 Å². The predicted octanol–water partition coefficient (Wildman–Crippen LogP) is 2.52. The van der Waals surface area contributed by atoms with E-state index in [4.69, 9.17) is 23.2 Å². The van der Waals surface area contributed by atoms with E-state index < -0.39 is 0 Å². The van der Waals surface area contributed by atoms with Gasteiger partial charge < -0.3 is 5.32 Å². The van der Waals surface area contributed by atoms with E-state index in [1.165, 1.54) is 6.20 Å². The molecule has 1 N–H and O–H groups in total. The van der Waals surface area contributed by atoms with Crippen LogP contribution in [0.1, 0.15) is 19.3 Å². The number of rotatable bonds is 2. The Morgan fingerprint density at radius 2 is 2.20 bits per heavy atom. The highest BCUT2D eigenvalue weighted by Gasteiger charge is 2.25. The average Bonchev–Trinajstić information content (AvgIpc) is 2.07. The quantitative estimate of drug-likeness (QED) is 0.644. The third-order valence-corrected chi connectivity index (χ3v) is 2.92. The van der Waals surface area contributed by atoms with E-state index in [1.807, 2.05) is 0 Å². The summed E-state index contributed by atoms with van der Waals surface area (Å²) in [5.41, 5.74) is 0.415. The van der Waals surface area contributed by atoms with Crippen LogP contribution in [0.15, 0.2) is 6.20 Å². The minimum atomic E-state index is -0.0194. The fourth-order valence-corrected chi connectivity index (χ4v) is 1.68. The van der Waals surface area contributed by atoms with Gasteiger partial charge in [0.25, 0.3) is 0 Å². The molecule has 80 valence electrons. The Hall–Kier alpha value is -0.870. The lowest BCUT2D eigenvalue weighted by Crippen LogP contribution is -2.28. The van der Waals surface area contributed by atoms with Gasteiger partial charge in [0, 0.05) is 5.92 Å². The molecule has 0 radical (unpaired) electrons. The van der Waals surface area contributed by atoms with Gasteiger partial charge in [-0.15, -0.1) is 0 Å². The largest absolute Gasteiger partial charge is 0.322 e. The summed E-state index contributed by atoms with van der Waals surface area (Å²) in [5.74, 6) is 0.0887. The summed E-state index contributed by atoms with van der Waals surface area (Å²) in [6.07, 6.45) is 4.41. The Morgan fingerprint density at radius 1 is 1.47 bits per heavy atom.